The van der Waals surface area contributed by atoms with Crippen LogP contribution >= 0.6 is 12.4 Å². The van der Waals surface area contributed by atoms with Gasteiger partial charge in [-0.05, 0) is 43.3 Å². The lowest BCUT2D eigenvalue weighted by atomic mass is 10.1. The van der Waals surface area contributed by atoms with Crippen LogP contribution in [0.2, 0.25) is 0 Å². The molecule has 6 nitrogen and oxygen atoms in total. The first kappa shape index (κ1) is 21.2. The molecule has 1 aliphatic rings. The van der Waals surface area contributed by atoms with Crippen molar-refractivity contribution in [3.05, 3.63) is 60.2 Å². The van der Waals surface area contributed by atoms with Crippen molar-refractivity contribution in [3.8, 4) is 0 Å². The first-order valence-electron chi connectivity index (χ1n) is 8.53. The van der Waals surface area contributed by atoms with Crippen molar-refractivity contribution in [3.63, 3.8) is 0 Å². The van der Waals surface area contributed by atoms with E-state index in [1.807, 2.05) is 6.07 Å². The Bertz CT molecular complexity index is 884. The Morgan fingerprint density at radius 3 is 2.41 bits per heavy atom. The van der Waals surface area contributed by atoms with E-state index in [1.54, 1.807) is 48.3 Å². The summed E-state index contributed by atoms with van der Waals surface area (Å²) in [5, 5.41) is 3.23. The van der Waals surface area contributed by atoms with Crippen molar-refractivity contribution < 1.29 is 13.2 Å². The van der Waals surface area contributed by atoms with E-state index < -0.39 is 10.0 Å². The number of nitrogens with zero attached hydrogens (tertiary/aromatic N) is 2. The summed E-state index contributed by atoms with van der Waals surface area (Å²) in [7, 11) is -0.472. The molecule has 1 fully saturated rings. The summed E-state index contributed by atoms with van der Waals surface area (Å²) < 4.78 is 27.1. The zero-order valence-electron chi connectivity index (χ0n) is 15.3. The van der Waals surface area contributed by atoms with Crippen molar-refractivity contribution in [2.75, 3.05) is 31.5 Å². The molecule has 8 heteroatoms. The maximum absolute atomic E-state index is 12.9. The lowest BCUT2D eigenvalue weighted by Crippen LogP contribution is -2.38. The van der Waals surface area contributed by atoms with Gasteiger partial charge in [0.2, 0.25) is 0 Å². The van der Waals surface area contributed by atoms with Gasteiger partial charge in [0.05, 0.1) is 10.6 Å². The Labute approximate surface area is 166 Å². The second-order valence-electron chi connectivity index (χ2n) is 6.40. The molecule has 0 bridgehead atoms. The van der Waals surface area contributed by atoms with Crippen molar-refractivity contribution in [1.82, 2.24) is 10.2 Å². The Kier molecular flexibility index (Phi) is 6.86. The number of carbonyl (C=O) groups excluding carboxylic acids is 1. The maximum Gasteiger partial charge on any atom is 0.264 e. The van der Waals surface area contributed by atoms with Crippen LogP contribution in [0, 0.1) is 0 Å². The van der Waals surface area contributed by atoms with E-state index >= 15 is 0 Å². The van der Waals surface area contributed by atoms with Gasteiger partial charge in [0, 0.05) is 32.2 Å². The number of sulfonamides is 1. The number of carbonyl (C=O) groups is 1. The molecular weight excluding hydrogens is 386 g/mol. The molecular formula is C19H24ClN3O3S. The van der Waals surface area contributed by atoms with Gasteiger partial charge in [0.25, 0.3) is 15.9 Å². The minimum atomic E-state index is -3.74. The van der Waals surface area contributed by atoms with Crippen LogP contribution < -0.4 is 9.62 Å². The zero-order chi connectivity index (χ0) is 18.7. The van der Waals surface area contributed by atoms with Gasteiger partial charge in [0.15, 0.2) is 0 Å². The third-order valence-corrected chi connectivity index (χ3v) is 6.54. The monoisotopic (exact) mass is 409 g/mol. The van der Waals surface area contributed by atoms with Gasteiger partial charge in [-0.3, -0.25) is 9.10 Å². The topological polar surface area (TPSA) is 69.7 Å². The molecule has 2 aromatic rings. The molecule has 3 rings (SSSR count). The fourth-order valence-electron chi connectivity index (χ4n) is 3.06. The number of rotatable bonds is 5. The van der Waals surface area contributed by atoms with E-state index in [4.69, 9.17) is 0 Å². The van der Waals surface area contributed by atoms with E-state index in [0.717, 1.165) is 19.5 Å². The van der Waals surface area contributed by atoms with Gasteiger partial charge in [-0.15, -0.1) is 12.4 Å². The highest BCUT2D eigenvalue weighted by atomic mass is 35.5. The quantitative estimate of drug-likeness (QED) is 0.823. The summed E-state index contributed by atoms with van der Waals surface area (Å²) in [6, 6.07) is 15.2. The fraction of sp³-hybridized carbons (Fsp3) is 0.316. The van der Waals surface area contributed by atoms with Crippen LogP contribution in [0.15, 0.2) is 59.5 Å². The van der Waals surface area contributed by atoms with E-state index in [9.17, 15) is 13.2 Å². The van der Waals surface area contributed by atoms with E-state index in [2.05, 4.69) is 5.32 Å². The SMILES string of the molecule is CN(C(=O)c1cccc(S(=O)(=O)N(C)c2ccccc2)c1)C1CCNC1.Cl. The molecule has 0 saturated carbocycles. The summed E-state index contributed by atoms with van der Waals surface area (Å²) in [5.41, 5.74) is 0.945. The Morgan fingerprint density at radius 1 is 1.07 bits per heavy atom. The van der Waals surface area contributed by atoms with Crippen molar-refractivity contribution in [1.29, 1.82) is 0 Å². The number of hydrogen-bond acceptors (Lipinski definition) is 4. The summed E-state index contributed by atoms with van der Waals surface area (Å²) in [5.74, 6) is -0.168. The zero-order valence-corrected chi connectivity index (χ0v) is 17.0. The Morgan fingerprint density at radius 2 is 1.78 bits per heavy atom. The fourth-order valence-corrected chi connectivity index (χ4v) is 4.31. The third-order valence-electron chi connectivity index (χ3n) is 4.76. The van der Waals surface area contributed by atoms with Crippen molar-refractivity contribution >= 4 is 34.0 Å². The van der Waals surface area contributed by atoms with Crippen LogP contribution in [0.4, 0.5) is 5.69 Å². The summed E-state index contributed by atoms with van der Waals surface area (Å²) in [6.07, 6.45) is 0.900. The normalized spacial score (nSPS) is 16.4. The van der Waals surface area contributed by atoms with E-state index in [1.165, 1.54) is 23.5 Å². The molecule has 1 heterocycles. The van der Waals surface area contributed by atoms with Gasteiger partial charge in [0.1, 0.15) is 0 Å². The second kappa shape index (κ2) is 8.73. The molecule has 1 aliphatic heterocycles. The highest BCUT2D eigenvalue weighted by Gasteiger charge is 2.26. The van der Waals surface area contributed by atoms with Gasteiger partial charge in [-0.2, -0.15) is 0 Å². The number of benzene rings is 2. The van der Waals surface area contributed by atoms with Gasteiger partial charge < -0.3 is 10.2 Å². The molecule has 1 saturated heterocycles. The summed E-state index contributed by atoms with van der Waals surface area (Å²) in [6.45, 7) is 1.65. The van der Waals surface area contributed by atoms with Crippen LogP contribution in [-0.2, 0) is 10.0 Å². The Hall–Kier alpha value is -2.09. The molecule has 1 amide bonds. The lowest BCUT2D eigenvalue weighted by Gasteiger charge is -2.24. The number of likely N-dealkylation sites (N-methyl/N-ethyl adjacent to an activating group) is 1. The predicted octanol–water partition coefficient (Wildman–Crippen LogP) is 2.37. The van der Waals surface area contributed by atoms with E-state index in [-0.39, 0.29) is 29.3 Å². The Balaban J connectivity index is 0.00000261. The first-order valence-corrected chi connectivity index (χ1v) is 9.97. The number of hydrogen-bond donors (Lipinski definition) is 1. The number of nitrogens with one attached hydrogen (secondary N) is 1. The minimum Gasteiger partial charge on any atom is -0.337 e. The molecule has 27 heavy (non-hydrogen) atoms. The molecule has 0 aliphatic carbocycles. The number of amides is 1. The molecule has 146 valence electrons. The molecule has 1 N–H and O–H groups in total. The second-order valence-corrected chi connectivity index (χ2v) is 8.37. The molecule has 0 radical (unpaired) electrons. The highest BCUT2D eigenvalue weighted by molar-refractivity contribution is 7.92. The number of halogens is 1. The number of para-hydroxylation sites is 1. The molecule has 1 atom stereocenters. The van der Waals surface area contributed by atoms with Gasteiger partial charge >= 0.3 is 0 Å². The van der Waals surface area contributed by atoms with Crippen LogP contribution in [0.25, 0.3) is 0 Å². The largest absolute Gasteiger partial charge is 0.337 e. The van der Waals surface area contributed by atoms with Gasteiger partial charge in [-0.1, -0.05) is 24.3 Å². The summed E-state index contributed by atoms with van der Waals surface area (Å²) in [4.78, 5) is 14.5. The van der Waals surface area contributed by atoms with Crippen LogP contribution in [0.5, 0.6) is 0 Å². The first-order chi connectivity index (χ1) is 12.4. The van der Waals surface area contributed by atoms with Crippen molar-refractivity contribution in [2.45, 2.75) is 17.4 Å². The lowest BCUT2D eigenvalue weighted by molar-refractivity contribution is 0.0743. The average Bonchev–Trinajstić information content (AvgIpc) is 3.21. The molecule has 0 spiro atoms. The molecule has 1 unspecified atom stereocenters. The predicted molar refractivity (Wildman–Crippen MR) is 109 cm³/mol. The van der Waals surface area contributed by atoms with Crippen LogP contribution in [0.3, 0.4) is 0 Å². The smallest absolute Gasteiger partial charge is 0.264 e. The minimum absolute atomic E-state index is 0. The standard InChI is InChI=1S/C19H23N3O3S.ClH/c1-21(17-11-12-20-14-17)19(23)15-7-6-10-18(13-15)26(24,25)22(2)16-8-4-3-5-9-16;/h3-10,13,17,20H,11-12,14H2,1-2H3;1H. The summed E-state index contributed by atoms with van der Waals surface area (Å²) >= 11 is 0. The van der Waals surface area contributed by atoms with E-state index in [0.29, 0.717) is 11.3 Å². The van der Waals surface area contributed by atoms with Crippen LogP contribution in [0.1, 0.15) is 16.8 Å². The van der Waals surface area contributed by atoms with Crippen molar-refractivity contribution in [2.24, 2.45) is 0 Å². The number of anilines is 1. The maximum atomic E-state index is 12.9. The molecule has 2 aromatic carbocycles. The van der Waals surface area contributed by atoms with Crippen LogP contribution in [-0.4, -0.2) is 52.5 Å². The highest BCUT2D eigenvalue weighted by Crippen LogP contribution is 2.23. The third kappa shape index (κ3) is 4.43. The average molecular weight is 410 g/mol. The van der Waals surface area contributed by atoms with Gasteiger partial charge in [-0.25, -0.2) is 8.42 Å². The molecule has 0 aromatic heterocycles.